The number of anilines is 3. The molecule has 6 nitrogen and oxygen atoms in total. The standard InChI is InChI=1S/C20H21N5O.C2H6/c21-20(26)17-13-23-18-12-15(25-10-8-22-9-11-25)6-7-16(18)19(17)24-14-4-2-1-3-5-14;1-2/h1-7,12-13,22H,8-11H2,(H2,21,26)(H,23,24);1-2H3. The molecule has 0 unspecified atom stereocenters. The molecular formula is C22H27N5O. The Morgan fingerprint density at radius 1 is 1.11 bits per heavy atom. The van der Waals surface area contributed by atoms with Crippen LogP contribution in [0.2, 0.25) is 0 Å². The Hall–Kier alpha value is -3.12. The van der Waals surface area contributed by atoms with E-state index < -0.39 is 5.91 Å². The molecule has 28 heavy (non-hydrogen) atoms. The first-order chi connectivity index (χ1) is 13.7. The van der Waals surface area contributed by atoms with Gasteiger partial charge in [0.1, 0.15) is 0 Å². The van der Waals surface area contributed by atoms with Gasteiger partial charge in [0.25, 0.3) is 5.91 Å². The summed E-state index contributed by atoms with van der Waals surface area (Å²) in [6.45, 7) is 7.90. The lowest BCUT2D eigenvalue weighted by Gasteiger charge is -2.29. The summed E-state index contributed by atoms with van der Waals surface area (Å²) in [5, 5.41) is 7.57. The topological polar surface area (TPSA) is 83.3 Å². The maximum absolute atomic E-state index is 11.9. The van der Waals surface area contributed by atoms with Crippen molar-refractivity contribution >= 4 is 33.9 Å². The predicted molar refractivity (Wildman–Crippen MR) is 116 cm³/mol. The average molecular weight is 377 g/mol. The Kier molecular flexibility index (Phi) is 6.45. The number of aromatic nitrogens is 1. The molecule has 1 amide bonds. The van der Waals surface area contributed by atoms with Crippen LogP contribution in [0.15, 0.2) is 54.7 Å². The van der Waals surface area contributed by atoms with Crippen LogP contribution in [0.3, 0.4) is 0 Å². The maximum Gasteiger partial charge on any atom is 0.252 e. The molecule has 3 aromatic rings. The first kappa shape index (κ1) is 19.6. The highest BCUT2D eigenvalue weighted by molar-refractivity contribution is 6.07. The highest BCUT2D eigenvalue weighted by Crippen LogP contribution is 2.31. The van der Waals surface area contributed by atoms with Crippen LogP contribution in [0.5, 0.6) is 0 Å². The van der Waals surface area contributed by atoms with E-state index in [0.29, 0.717) is 11.3 Å². The molecule has 4 N–H and O–H groups in total. The lowest BCUT2D eigenvalue weighted by Crippen LogP contribution is -2.43. The highest BCUT2D eigenvalue weighted by atomic mass is 16.1. The second-order valence-electron chi connectivity index (χ2n) is 6.34. The summed E-state index contributed by atoms with van der Waals surface area (Å²) in [4.78, 5) is 18.7. The number of fused-ring (bicyclic) bond motifs is 1. The van der Waals surface area contributed by atoms with Crippen molar-refractivity contribution in [2.75, 3.05) is 36.4 Å². The summed E-state index contributed by atoms with van der Waals surface area (Å²) in [5.41, 5.74) is 9.53. The maximum atomic E-state index is 11.9. The number of hydrogen-bond acceptors (Lipinski definition) is 5. The fraction of sp³-hybridized carbons (Fsp3) is 0.273. The monoisotopic (exact) mass is 377 g/mol. The molecule has 0 saturated carbocycles. The van der Waals surface area contributed by atoms with Gasteiger partial charge in [-0.2, -0.15) is 0 Å². The third-order valence-corrected chi connectivity index (χ3v) is 4.64. The van der Waals surface area contributed by atoms with Gasteiger partial charge in [0.2, 0.25) is 0 Å². The van der Waals surface area contributed by atoms with Gasteiger partial charge < -0.3 is 21.3 Å². The van der Waals surface area contributed by atoms with Crippen LogP contribution in [0, 0.1) is 0 Å². The third-order valence-electron chi connectivity index (χ3n) is 4.64. The van der Waals surface area contributed by atoms with Gasteiger partial charge in [0.05, 0.1) is 16.8 Å². The molecule has 146 valence electrons. The van der Waals surface area contributed by atoms with Crippen molar-refractivity contribution in [1.82, 2.24) is 10.3 Å². The number of nitrogens with one attached hydrogen (secondary N) is 2. The summed E-state index contributed by atoms with van der Waals surface area (Å²) in [6.07, 6.45) is 1.55. The number of rotatable bonds is 4. The van der Waals surface area contributed by atoms with Crippen LogP contribution in [0.25, 0.3) is 10.9 Å². The van der Waals surface area contributed by atoms with Gasteiger partial charge in [-0.25, -0.2) is 0 Å². The van der Waals surface area contributed by atoms with Gasteiger partial charge in [-0.15, -0.1) is 0 Å². The minimum atomic E-state index is -0.496. The van der Waals surface area contributed by atoms with Crippen molar-refractivity contribution in [3.8, 4) is 0 Å². The largest absolute Gasteiger partial charge is 0.369 e. The Labute approximate surface area is 165 Å². The Morgan fingerprint density at radius 3 is 2.50 bits per heavy atom. The van der Waals surface area contributed by atoms with Crippen LogP contribution < -0.4 is 21.3 Å². The van der Waals surface area contributed by atoms with E-state index in [9.17, 15) is 4.79 Å². The number of pyridine rings is 1. The molecule has 1 aliphatic rings. The van der Waals surface area contributed by atoms with Crippen molar-refractivity contribution in [2.45, 2.75) is 13.8 Å². The van der Waals surface area contributed by atoms with Crippen LogP contribution >= 0.6 is 0 Å². The molecule has 0 bridgehead atoms. The van der Waals surface area contributed by atoms with Gasteiger partial charge in [-0.3, -0.25) is 9.78 Å². The Balaban J connectivity index is 0.00000109. The molecule has 2 aromatic carbocycles. The normalized spacial score (nSPS) is 13.6. The number of para-hydroxylation sites is 1. The van der Waals surface area contributed by atoms with E-state index in [4.69, 9.17) is 5.73 Å². The van der Waals surface area contributed by atoms with E-state index in [1.165, 1.54) is 0 Å². The van der Waals surface area contributed by atoms with Crippen molar-refractivity contribution < 1.29 is 4.79 Å². The first-order valence-corrected chi connectivity index (χ1v) is 9.73. The fourth-order valence-electron chi connectivity index (χ4n) is 3.29. The molecule has 1 saturated heterocycles. The van der Waals surface area contributed by atoms with Gasteiger partial charge in [-0.1, -0.05) is 32.0 Å². The zero-order chi connectivity index (χ0) is 19.9. The Morgan fingerprint density at radius 2 is 1.82 bits per heavy atom. The predicted octanol–water partition coefficient (Wildman–Crippen LogP) is 3.51. The molecular weight excluding hydrogens is 350 g/mol. The van der Waals surface area contributed by atoms with E-state index in [1.807, 2.05) is 50.2 Å². The number of carbonyl (C=O) groups is 1. The smallest absolute Gasteiger partial charge is 0.252 e. The molecule has 1 aliphatic heterocycles. The summed E-state index contributed by atoms with van der Waals surface area (Å²) >= 11 is 0. The number of hydrogen-bond donors (Lipinski definition) is 3. The number of amides is 1. The molecule has 4 rings (SSSR count). The average Bonchev–Trinajstić information content (AvgIpc) is 2.76. The quantitative estimate of drug-likeness (QED) is 0.648. The van der Waals surface area contributed by atoms with Crippen LogP contribution in [0.1, 0.15) is 24.2 Å². The molecule has 0 radical (unpaired) electrons. The summed E-state index contributed by atoms with van der Waals surface area (Å²) in [6, 6.07) is 15.9. The van der Waals surface area contributed by atoms with E-state index in [2.05, 4.69) is 32.7 Å². The van der Waals surface area contributed by atoms with Gasteiger partial charge >= 0.3 is 0 Å². The van der Waals surface area contributed by atoms with Crippen LogP contribution in [-0.4, -0.2) is 37.1 Å². The number of primary amides is 1. The first-order valence-electron chi connectivity index (χ1n) is 9.73. The zero-order valence-corrected chi connectivity index (χ0v) is 16.4. The zero-order valence-electron chi connectivity index (χ0n) is 16.4. The van der Waals surface area contributed by atoms with Gasteiger partial charge in [0, 0.05) is 49.1 Å². The molecule has 0 atom stereocenters. The van der Waals surface area contributed by atoms with Crippen molar-refractivity contribution in [3.05, 3.63) is 60.3 Å². The number of nitrogens with two attached hydrogens (primary N) is 1. The molecule has 0 spiro atoms. The summed E-state index contributed by atoms with van der Waals surface area (Å²) < 4.78 is 0. The SMILES string of the molecule is CC.NC(=O)c1cnc2cc(N3CCNCC3)ccc2c1Nc1ccccc1. The Bertz CT molecular complexity index is 936. The summed E-state index contributed by atoms with van der Waals surface area (Å²) in [5.74, 6) is -0.496. The molecule has 1 aromatic heterocycles. The summed E-state index contributed by atoms with van der Waals surface area (Å²) in [7, 11) is 0. The number of nitrogens with zero attached hydrogens (tertiary/aromatic N) is 2. The van der Waals surface area contributed by atoms with E-state index in [-0.39, 0.29) is 0 Å². The van der Waals surface area contributed by atoms with E-state index >= 15 is 0 Å². The van der Waals surface area contributed by atoms with E-state index in [0.717, 1.165) is 48.5 Å². The third kappa shape index (κ3) is 4.23. The number of carbonyl (C=O) groups excluding carboxylic acids is 1. The molecule has 6 heteroatoms. The highest BCUT2D eigenvalue weighted by Gasteiger charge is 2.16. The number of piperazine rings is 1. The van der Waals surface area contributed by atoms with Crippen molar-refractivity contribution in [2.24, 2.45) is 5.73 Å². The van der Waals surface area contributed by atoms with Gasteiger partial charge in [0.15, 0.2) is 0 Å². The van der Waals surface area contributed by atoms with Gasteiger partial charge in [-0.05, 0) is 30.3 Å². The minimum absolute atomic E-state index is 0.385. The van der Waals surface area contributed by atoms with Crippen LogP contribution in [0.4, 0.5) is 17.1 Å². The number of benzene rings is 2. The second-order valence-corrected chi connectivity index (χ2v) is 6.34. The lowest BCUT2D eigenvalue weighted by molar-refractivity contribution is 0.100. The minimum Gasteiger partial charge on any atom is -0.369 e. The van der Waals surface area contributed by atoms with Crippen LogP contribution in [-0.2, 0) is 0 Å². The molecule has 1 fully saturated rings. The lowest BCUT2D eigenvalue weighted by atomic mass is 10.1. The molecule has 0 aliphatic carbocycles. The van der Waals surface area contributed by atoms with Crippen molar-refractivity contribution in [1.29, 1.82) is 0 Å². The van der Waals surface area contributed by atoms with Crippen molar-refractivity contribution in [3.63, 3.8) is 0 Å². The van der Waals surface area contributed by atoms with E-state index in [1.54, 1.807) is 6.20 Å². The fourth-order valence-corrected chi connectivity index (χ4v) is 3.29. The molecule has 2 heterocycles. The second kappa shape index (κ2) is 9.19.